The van der Waals surface area contributed by atoms with Crippen LogP contribution in [0.1, 0.15) is 12.8 Å². The number of amides is 4. The Bertz CT molecular complexity index is 546. The Kier molecular flexibility index (Phi) is 1.72. The van der Waals surface area contributed by atoms with Gasteiger partial charge in [-0.05, 0) is 36.5 Å². The zero-order valence-electron chi connectivity index (χ0n) is 10.7. The number of fused-ring (bicyclic) bond motifs is 2. The van der Waals surface area contributed by atoms with Gasteiger partial charge in [0.15, 0.2) is 0 Å². The molecule has 2 N–H and O–H groups in total. The Morgan fingerprint density at radius 1 is 0.600 bits per heavy atom. The number of carbonyl (C=O) groups is 4. The molecule has 6 fully saturated rings. The lowest BCUT2D eigenvalue weighted by molar-refractivity contribution is -0.190. The fraction of sp³-hybridized carbons (Fsp3) is 0.714. The molecule has 6 rings (SSSR count). The summed E-state index contributed by atoms with van der Waals surface area (Å²) in [5.74, 6) is -1.23. The Morgan fingerprint density at radius 2 is 0.950 bits per heavy atom. The van der Waals surface area contributed by atoms with E-state index in [9.17, 15) is 19.2 Å². The summed E-state index contributed by atoms with van der Waals surface area (Å²) < 4.78 is 0. The highest BCUT2D eigenvalue weighted by molar-refractivity contribution is 6.08. The molecule has 0 aromatic heterocycles. The molecule has 0 aromatic rings. The minimum Gasteiger partial charge on any atom is -0.296 e. The van der Waals surface area contributed by atoms with Crippen LogP contribution in [0, 0.1) is 47.3 Å². The lowest BCUT2D eigenvalue weighted by atomic mass is 9.38. The Labute approximate surface area is 114 Å². The second kappa shape index (κ2) is 3.13. The average molecular weight is 274 g/mol. The van der Waals surface area contributed by atoms with Gasteiger partial charge in [0.25, 0.3) is 0 Å². The molecule has 4 saturated carbocycles. The maximum absolute atomic E-state index is 12.0. The minimum absolute atomic E-state index is 0.0966. The van der Waals surface area contributed by atoms with Crippen LogP contribution in [-0.4, -0.2) is 23.6 Å². The standard InChI is InChI=1S/C14H14N2O4/c17-11-7-3-1-2-4(8(7)12(18)15-11)6-5(3)9-10(6)14(20)16-13(9)19/h3-10H,1-2H2,(H,15,17,18)(H,16,19,20). The smallest absolute Gasteiger partial charge is 0.230 e. The summed E-state index contributed by atoms with van der Waals surface area (Å²) in [5.41, 5.74) is 0. The first-order valence-corrected chi connectivity index (χ1v) is 7.29. The van der Waals surface area contributed by atoms with Crippen molar-refractivity contribution in [3.8, 4) is 0 Å². The molecule has 2 bridgehead atoms. The first-order valence-electron chi connectivity index (χ1n) is 7.29. The third-order valence-corrected chi connectivity index (χ3v) is 6.50. The van der Waals surface area contributed by atoms with Gasteiger partial charge in [-0.15, -0.1) is 0 Å². The molecule has 2 saturated heterocycles. The molecule has 6 aliphatic rings. The zero-order valence-corrected chi connectivity index (χ0v) is 10.7. The molecule has 4 amide bonds. The SMILES string of the molecule is O=C1NC(=O)C2C3CCC(C12)C1C2C(=O)NC(=O)C2C31. The van der Waals surface area contributed by atoms with Crippen LogP contribution in [0.4, 0.5) is 0 Å². The maximum Gasteiger partial charge on any atom is 0.230 e. The summed E-state index contributed by atoms with van der Waals surface area (Å²) in [6.07, 6.45) is 1.80. The van der Waals surface area contributed by atoms with Crippen molar-refractivity contribution < 1.29 is 19.2 Å². The van der Waals surface area contributed by atoms with E-state index in [1.54, 1.807) is 0 Å². The fourth-order valence-electron chi connectivity index (χ4n) is 6.02. The van der Waals surface area contributed by atoms with Crippen molar-refractivity contribution in [2.45, 2.75) is 12.8 Å². The van der Waals surface area contributed by atoms with Gasteiger partial charge in [0.05, 0.1) is 23.7 Å². The summed E-state index contributed by atoms with van der Waals surface area (Å²) in [6.45, 7) is 0. The highest BCUT2D eigenvalue weighted by Crippen LogP contribution is 2.68. The Balaban J connectivity index is 1.61. The van der Waals surface area contributed by atoms with E-state index in [1.165, 1.54) is 0 Å². The lowest BCUT2D eigenvalue weighted by Gasteiger charge is -2.62. The van der Waals surface area contributed by atoms with E-state index in [0.717, 1.165) is 12.8 Å². The number of carbonyl (C=O) groups excluding carboxylic acids is 4. The molecule has 0 radical (unpaired) electrons. The third-order valence-electron chi connectivity index (χ3n) is 6.50. The van der Waals surface area contributed by atoms with E-state index >= 15 is 0 Å². The summed E-state index contributed by atoms with van der Waals surface area (Å²) in [4.78, 5) is 47.9. The molecular weight excluding hydrogens is 260 g/mol. The van der Waals surface area contributed by atoms with Crippen LogP contribution in [0.5, 0.6) is 0 Å². The first-order chi connectivity index (χ1) is 9.59. The molecule has 20 heavy (non-hydrogen) atoms. The Hall–Kier alpha value is -1.72. The topological polar surface area (TPSA) is 92.3 Å². The van der Waals surface area contributed by atoms with Crippen LogP contribution >= 0.6 is 0 Å². The van der Waals surface area contributed by atoms with E-state index in [0.29, 0.717) is 0 Å². The molecule has 6 nitrogen and oxygen atoms in total. The molecule has 2 aliphatic heterocycles. The molecule has 8 atom stereocenters. The van der Waals surface area contributed by atoms with Crippen molar-refractivity contribution in [3.05, 3.63) is 0 Å². The van der Waals surface area contributed by atoms with Crippen molar-refractivity contribution in [2.75, 3.05) is 0 Å². The quantitative estimate of drug-likeness (QED) is 0.557. The lowest BCUT2D eigenvalue weighted by Crippen LogP contribution is -2.65. The molecule has 6 heteroatoms. The van der Waals surface area contributed by atoms with Gasteiger partial charge in [0.2, 0.25) is 23.6 Å². The molecule has 0 spiro atoms. The van der Waals surface area contributed by atoms with E-state index in [2.05, 4.69) is 10.6 Å². The van der Waals surface area contributed by atoms with Gasteiger partial charge in [0.1, 0.15) is 0 Å². The van der Waals surface area contributed by atoms with E-state index in [1.807, 2.05) is 0 Å². The summed E-state index contributed by atoms with van der Waals surface area (Å²) in [6, 6.07) is 0. The van der Waals surface area contributed by atoms with Crippen molar-refractivity contribution in [1.29, 1.82) is 0 Å². The van der Waals surface area contributed by atoms with Gasteiger partial charge in [-0.1, -0.05) is 0 Å². The van der Waals surface area contributed by atoms with Gasteiger partial charge in [-0.25, -0.2) is 0 Å². The van der Waals surface area contributed by atoms with Crippen LogP contribution in [-0.2, 0) is 19.2 Å². The fourth-order valence-corrected chi connectivity index (χ4v) is 6.02. The van der Waals surface area contributed by atoms with E-state index < -0.39 is 0 Å². The van der Waals surface area contributed by atoms with Crippen molar-refractivity contribution >= 4 is 23.6 Å². The van der Waals surface area contributed by atoms with Crippen LogP contribution in [0.25, 0.3) is 0 Å². The average Bonchev–Trinajstić information content (AvgIpc) is 2.78. The highest BCUT2D eigenvalue weighted by Gasteiger charge is 2.73. The number of hydrogen-bond donors (Lipinski definition) is 2. The number of rotatable bonds is 0. The van der Waals surface area contributed by atoms with Crippen molar-refractivity contribution in [2.24, 2.45) is 47.3 Å². The molecular formula is C14H14N2O4. The summed E-state index contributed by atoms with van der Waals surface area (Å²) >= 11 is 0. The summed E-state index contributed by atoms with van der Waals surface area (Å²) in [7, 11) is 0. The third kappa shape index (κ3) is 0.949. The normalized spacial score (nSPS) is 54.8. The maximum atomic E-state index is 12.0. The van der Waals surface area contributed by atoms with Gasteiger partial charge in [-0.3, -0.25) is 29.8 Å². The number of nitrogens with one attached hydrogen (secondary N) is 2. The zero-order chi connectivity index (χ0) is 13.8. The molecule has 104 valence electrons. The van der Waals surface area contributed by atoms with E-state index in [4.69, 9.17) is 0 Å². The molecule has 4 aliphatic carbocycles. The molecule has 0 aromatic carbocycles. The summed E-state index contributed by atoms with van der Waals surface area (Å²) in [5, 5.41) is 4.88. The highest BCUT2D eigenvalue weighted by atomic mass is 16.2. The predicted octanol–water partition coefficient (Wildman–Crippen LogP) is -0.950. The minimum atomic E-state index is -0.257. The van der Waals surface area contributed by atoms with Crippen molar-refractivity contribution in [1.82, 2.24) is 10.6 Å². The van der Waals surface area contributed by atoms with Crippen molar-refractivity contribution in [3.63, 3.8) is 0 Å². The predicted molar refractivity (Wildman–Crippen MR) is 63.5 cm³/mol. The Morgan fingerprint density at radius 3 is 1.35 bits per heavy atom. The van der Waals surface area contributed by atoms with Crippen LogP contribution in [0.15, 0.2) is 0 Å². The monoisotopic (exact) mass is 274 g/mol. The van der Waals surface area contributed by atoms with Crippen LogP contribution < -0.4 is 10.6 Å². The number of imide groups is 2. The van der Waals surface area contributed by atoms with Gasteiger partial charge in [-0.2, -0.15) is 0 Å². The number of hydrogen-bond acceptors (Lipinski definition) is 4. The molecule has 2 heterocycles. The van der Waals surface area contributed by atoms with Gasteiger partial charge < -0.3 is 0 Å². The van der Waals surface area contributed by atoms with E-state index in [-0.39, 0.29) is 71.0 Å². The second-order valence-electron chi connectivity index (χ2n) is 6.87. The first kappa shape index (κ1) is 11.0. The van der Waals surface area contributed by atoms with Gasteiger partial charge >= 0.3 is 0 Å². The van der Waals surface area contributed by atoms with Crippen LogP contribution in [0.2, 0.25) is 0 Å². The second-order valence-corrected chi connectivity index (χ2v) is 6.87. The molecule has 8 unspecified atom stereocenters. The van der Waals surface area contributed by atoms with Gasteiger partial charge in [0, 0.05) is 0 Å². The van der Waals surface area contributed by atoms with Crippen LogP contribution in [0.3, 0.4) is 0 Å². The largest absolute Gasteiger partial charge is 0.296 e.